The maximum Gasteiger partial charge on any atom is 0.210 e. The molecule has 4 heteroatoms. The monoisotopic (exact) mass is 338 g/mol. The highest BCUT2D eigenvalue weighted by atomic mass is 79.9. The zero-order chi connectivity index (χ0) is 13.8. The summed E-state index contributed by atoms with van der Waals surface area (Å²) in [4.78, 5) is 12.6. The van der Waals surface area contributed by atoms with Gasteiger partial charge in [0.1, 0.15) is 5.75 Å². The van der Waals surface area contributed by atoms with Crippen LogP contribution in [0, 0.1) is 0 Å². The van der Waals surface area contributed by atoms with E-state index in [-0.39, 0.29) is 12.4 Å². The van der Waals surface area contributed by atoms with Gasteiger partial charge in [-0.15, -0.1) is 11.3 Å². The number of hydrogen-bond donors (Lipinski definition) is 0. The SMILES string of the molecule is CC(C)c1cc(Br)ccc1OCC(=O)c1cccs1. The Labute approximate surface area is 125 Å². The first-order valence-corrected chi connectivity index (χ1v) is 7.74. The number of Topliss-reactive ketones (excluding diaryl/α,β-unsaturated/α-hetero) is 1. The van der Waals surface area contributed by atoms with Gasteiger partial charge in [-0.2, -0.15) is 0 Å². The average molecular weight is 339 g/mol. The molecule has 0 radical (unpaired) electrons. The van der Waals surface area contributed by atoms with E-state index in [1.54, 1.807) is 0 Å². The molecule has 0 atom stereocenters. The van der Waals surface area contributed by atoms with E-state index in [9.17, 15) is 4.79 Å². The predicted octanol–water partition coefficient (Wildman–Crippen LogP) is 4.90. The molecule has 0 aliphatic rings. The summed E-state index contributed by atoms with van der Waals surface area (Å²) in [5.41, 5.74) is 1.10. The third-order valence-electron chi connectivity index (χ3n) is 2.75. The Bertz CT molecular complexity index is 562. The van der Waals surface area contributed by atoms with Gasteiger partial charge in [-0.05, 0) is 41.1 Å². The van der Waals surface area contributed by atoms with Gasteiger partial charge in [0.15, 0.2) is 6.61 Å². The smallest absolute Gasteiger partial charge is 0.210 e. The van der Waals surface area contributed by atoms with Crippen LogP contribution in [0.25, 0.3) is 0 Å². The minimum absolute atomic E-state index is 0.0209. The Hall–Kier alpha value is -1.13. The minimum atomic E-state index is 0.0209. The van der Waals surface area contributed by atoms with Crippen molar-refractivity contribution >= 4 is 33.0 Å². The van der Waals surface area contributed by atoms with E-state index >= 15 is 0 Å². The summed E-state index contributed by atoms with van der Waals surface area (Å²) in [5, 5.41) is 1.90. The maximum absolute atomic E-state index is 11.9. The van der Waals surface area contributed by atoms with E-state index < -0.39 is 0 Å². The van der Waals surface area contributed by atoms with Gasteiger partial charge < -0.3 is 4.74 Å². The molecule has 0 bridgehead atoms. The molecule has 1 aromatic heterocycles. The van der Waals surface area contributed by atoms with Gasteiger partial charge in [-0.1, -0.05) is 35.8 Å². The molecule has 0 saturated heterocycles. The Morgan fingerprint density at radius 1 is 1.37 bits per heavy atom. The Kier molecular flexibility index (Phi) is 4.77. The van der Waals surface area contributed by atoms with Gasteiger partial charge in [0.05, 0.1) is 4.88 Å². The maximum atomic E-state index is 11.9. The number of ether oxygens (including phenoxy) is 1. The number of ketones is 1. The molecular formula is C15H15BrO2S. The largest absolute Gasteiger partial charge is 0.485 e. The first kappa shape index (κ1) is 14.3. The van der Waals surface area contributed by atoms with Crippen LogP contribution in [0.5, 0.6) is 5.75 Å². The van der Waals surface area contributed by atoms with Crippen LogP contribution in [-0.2, 0) is 0 Å². The molecule has 0 spiro atoms. The van der Waals surface area contributed by atoms with Crippen LogP contribution < -0.4 is 4.74 Å². The molecule has 0 unspecified atom stereocenters. The molecule has 100 valence electrons. The first-order chi connectivity index (χ1) is 9.08. The van der Waals surface area contributed by atoms with Crippen molar-refractivity contribution in [3.8, 4) is 5.75 Å². The van der Waals surface area contributed by atoms with Gasteiger partial charge in [0.25, 0.3) is 0 Å². The molecule has 0 N–H and O–H groups in total. The van der Waals surface area contributed by atoms with E-state index in [0.29, 0.717) is 5.92 Å². The fraction of sp³-hybridized carbons (Fsp3) is 0.267. The van der Waals surface area contributed by atoms with Crippen molar-refractivity contribution in [2.45, 2.75) is 19.8 Å². The number of hydrogen-bond acceptors (Lipinski definition) is 3. The van der Waals surface area contributed by atoms with Crippen molar-refractivity contribution in [3.63, 3.8) is 0 Å². The molecule has 1 aromatic carbocycles. The molecule has 2 nitrogen and oxygen atoms in total. The van der Waals surface area contributed by atoms with Crippen molar-refractivity contribution in [3.05, 3.63) is 50.6 Å². The van der Waals surface area contributed by atoms with E-state index in [2.05, 4.69) is 29.8 Å². The van der Waals surface area contributed by atoms with Crippen LogP contribution >= 0.6 is 27.3 Å². The molecule has 0 saturated carbocycles. The first-order valence-electron chi connectivity index (χ1n) is 6.07. The lowest BCUT2D eigenvalue weighted by Crippen LogP contribution is -2.11. The third-order valence-corrected chi connectivity index (χ3v) is 4.15. The summed E-state index contributed by atoms with van der Waals surface area (Å²) in [7, 11) is 0. The number of halogens is 1. The van der Waals surface area contributed by atoms with Crippen molar-refractivity contribution in [1.29, 1.82) is 0 Å². The lowest BCUT2D eigenvalue weighted by molar-refractivity contribution is 0.0924. The number of thiophene rings is 1. The van der Waals surface area contributed by atoms with Gasteiger partial charge in [-0.3, -0.25) is 4.79 Å². The quantitative estimate of drug-likeness (QED) is 0.725. The van der Waals surface area contributed by atoms with Gasteiger partial charge in [0, 0.05) is 4.47 Å². The normalized spacial score (nSPS) is 10.7. The number of rotatable bonds is 5. The van der Waals surface area contributed by atoms with E-state index in [4.69, 9.17) is 4.74 Å². The summed E-state index contributed by atoms with van der Waals surface area (Å²) in [6.45, 7) is 4.30. The van der Waals surface area contributed by atoms with Gasteiger partial charge >= 0.3 is 0 Å². The molecule has 1 heterocycles. The fourth-order valence-corrected chi connectivity index (χ4v) is 2.78. The van der Waals surface area contributed by atoms with Crippen LogP contribution in [0.1, 0.15) is 35.0 Å². The predicted molar refractivity (Wildman–Crippen MR) is 82.4 cm³/mol. The Balaban J connectivity index is 2.09. The average Bonchev–Trinajstić information content (AvgIpc) is 2.90. The van der Waals surface area contributed by atoms with Gasteiger partial charge in [0.2, 0.25) is 5.78 Å². The lowest BCUT2D eigenvalue weighted by Gasteiger charge is -2.13. The number of carbonyl (C=O) groups excluding carboxylic acids is 1. The van der Waals surface area contributed by atoms with Crippen molar-refractivity contribution in [1.82, 2.24) is 0 Å². The molecule has 0 fully saturated rings. The topological polar surface area (TPSA) is 26.3 Å². The molecule has 0 aliphatic heterocycles. The van der Waals surface area contributed by atoms with Crippen LogP contribution in [0.4, 0.5) is 0 Å². The van der Waals surface area contributed by atoms with Crippen molar-refractivity contribution < 1.29 is 9.53 Å². The van der Waals surface area contributed by atoms with Crippen LogP contribution in [0.15, 0.2) is 40.2 Å². The van der Waals surface area contributed by atoms with Crippen LogP contribution in [-0.4, -0.2) is 12.4 Å². The summed E-state index contributed by atoms with van der Waals surface area (Å²) >= 11 is 4.90. The summed E-state index contributed by atoms with van der Waals surface area (Å²) in [6, 6.07) is 9.56. The summed E-state index contributed by atoms with van der Waals surface area (Å²) in [6.07, 6.45) is 0. The molecule has 0 amide bonds. The van der Waals surface area contributed by atoms with Crippen LogP contribution in [0.2, 0.25) is 0 Å². The molecule has 0 aliphatic carbocycles. The Morgan fingerprint density at radius 3 is 2.79 bits per heavy atom. The summed E-state index contributed by atoms with van der Waals surface area (Å²) < 4.78 is 6.70. The van der Waals surface area contributed by atoms with Crippen molar-refractivity contribution in [2.75, 3.05) is 6.61 Å². The molecule has 2 aromatic rings. The summed E-state index contributed by atoms with van der Waals surface area (Å²) in [5.74, 6) is 1.15. The zero-order valence-corrected chi connectivity index (χ0v) is 13.3. The van der Waals surface area contributed by atoms with Gasteiger partial charge in [-0.25, -0.2) is 0 Å². The molecule has 2 rings (SSSR count). The standard InChI is InChI=1S/C15H15BrO2S/c1-10(2)12-8-11(16)5-6-14(12)18-9-13(17)15-4-3-7-19-15/h3-8,10H,9H2,1-2H3. The second kappa shape index (κ2) is 6.35. The van der Waals surface area contributed by atoms with Crippen molar-refractivity contribution in [2.24, 2.45) is 0 Å². The molecule has 19 heavy (non-hydrogen) atoms. The lowest BCUT2D eigenvalue weighted by atomic mass is 10.0. The van der Waals surface area contributed by atoms with E-state index in [1.807, 2.05) is 35.7 Å². The van der Waals surface area contributed by atoms with Crippen LogP contribution in [0.3, 0.4) is 0 Å². The highest BCUT2D eigenvalue weighted by Crippen LogP contribution is 2.29. The highest BCUT2D eigenvalue weighted by molar-refractivity contribution is 9.10. The van der Waals surface area contributed by atoms with E-state index in [1.165, 1.54) is 11.3 Å². The third kappa shape index (κ3) is 3.67. The fourth-order valence-electron chi connectivity index (χ4n) is 1.75. The minimum Gasteiger partial charge on any atom is -0.485 e. The number of carbonyl (C=O) groups is 1. The second-order valence-electron chi connectivity index (χ2n) is 4.53. The second-order valence-corrected chi connectivity index (χ2v) is 6.39. The Morgan fingerprint density at radius 2 is 2.16 bits per heavy atom. The zero-order valence-electron chi connectivity index (χ0n) is 10.9. The highest BCUT2D eigenvalue weighted by Gasteiger charge is 2.12. The number of benzene rings is 1. The molecular weight excluding hydrogens is 324 g/mol. The van der Waals surface area contributed by atoms with E-state index in [0.717, 1.165) is 20.7 Å².